The van der Waals surface area contributed by atoms with Gasteiger partial charge in [0, 0.05) is 44.3 Å². The standard InChI is InChI=1S/C21H37N5O3S/c1-20(2,3)25-30(27,28)18-10-8-7-9-17(18)15-23-19(22-6)24-16-21(4,5)26-11-13-29-14-12-26/h7-10,25H,11-16H2,1-6H3,(H2,22,23,24). The second-order valence-corrected chi connectivity index (χ2v) is 10.8. The van der Waals surface area contributed by atoms with Crippen LogP contribution in [0.2, 0.25) is 0 Å². The van der Waals surface area contributed by atoms with E-state index in [1.807, 2.05) is 32.9 Å². The lowest BCUT2D eigenvalue weighted by Gasteiger charge is -2.41. The predicted molar refractivity (Wildman–Crippen MR) is 121 cm³/mol. The molecule has 0 bridgehead atoms. The smallest absolute Gasteiger partial charge is 0.241 e. The molecular formula is C21H37N5O3S. The lowest BCUT2D eigenvalue weighted by molar-refractivity contribution is -0.00834. The summed E-state index contributed by atoms with van der Waals surface area (Å²) in [4.78, 5) is 6.96. The van der Waals surface area contributed by atoms with Crippen molar-refractivity contribution in [3.8, 4) is 0 Å². The maximum Gasteiger partial charge on any atom is 0.241 e. The first kappa shape index (κ1) is 24.6. The van der Waals surface area contributed by atoms with Crippen LogP contribution < -0.4 is 15.4 Å². The minimum atomic E-state index is -3.62. The van der Waals surface area contributed by atoms with Crippen LogP contribution in [0.5, 0.6) is 0 Å². The lowest BCUT2D eigenvalue weighted by atomic mass is 10.0. The zero-order chi connectivity index (χ0) is 22.4. The van der Waals surface area contributed by atoms with E-state index in [2.05, 4.69) is 39.1 Å². The van der Waals surface area contributed by atoms with Crippen molar-refractivity contribution in [2.75, 3.05) is 39.9 Å². The molecule has 9 heteroatoms. The van der Waals surface area contributed by atoms with E-state index in [4.69, 9.17) is 4.74 Å². The van der Waals surface area contributed by atoms with Crippen LogP contribution in [0, 0.1) is 0 Å². The van der Waals surface area contributed by atoms with Crippen molar-refractivity contribution in [1.29, 1.82) is 0 Å². The van der Waals surface area contributed by atoms with E-state index in [1.165, 1.54) is 0 Å². The number of morpholine rings is 1. The summed E-state index contributed by atoms with van der Waals surface area (Å²) in [5, 5.41) is 6.61. The van der Waals surface area contributed by atoms with Gasteiger partial charge < -0.3 is 15.4 Å². The van der Waals surface area contributed by atoms with Crippen molar-refractivity contribution in [2.45, 2.75) is 57.1 Å². The molecule has 0 unspecified atom stereocenters. The molecule has 2 rings (SSSR count). The van der Waals surface area contributed by atoms with Crippen LogP contribution in [0.3, 0.4) is 0 Å². The molecule has 1 aromatic rings. The van der Waals surface area contributed by atoms with Gasteiger partial charge in [0.25, 0.3) is 0 Å². The summed E-state index contributed by atoms with van der Waals surface area (Å²) < 4.78 is 33.8. The quantitative estimate of drug-likeness (QED) is 0.441. The van der Waals surface area contributed by atoms with Gasteiger partial charge in [0.15, 0.2) is 5.96 Å². The first-order chi connectivity index (χ1) is 13.9. The number of benzene rings is 1. The molecule has 1 aromatic carbocycles. The Morgan fingerprint density at radius 1 is 1.10 bits per heavy atom. The van der Waals surface area contributed by atoms with E-state index in [9.17, 15) is 8.42 Å². The minimum absolute atomic E-state index is 0.0563. The van der Waals surface area contributed by atoms with Gasteiger partial charge in [-0.1, -0.05) is 18.2 Å². The first-order valence-corrected chi connectivity index (χ1v) is 11.8. The normalized spacial score (nSPS) is 17.1. The second-order valence-electron chi connectivity index (χ2n) is 9.15. The zero-order valence-electron chi connectivity index (χ0n) is 19.1. The Bertz CT molecular complexity index is 825. The number of nitrogens with one attached hydrogen (secondary N) is 3. The van der Waals surface area contributed by atoms with Crippen LogP contribution in [-0.2, 0) is 21.3 Å². The predicted octanol–water partition coefficient (Wildman–Crippen LogP) is 1.54. The van der Waals surface area contributed by atoms with Gasteiger partial charge in [-0.2, -0.15) is 0 Å². The Hall–Kier alpha value is -1.68. The number of rotatable bonds is 7. The van der Waals surface area contributed by atoms with E-state index in [1.54, 1.807) is 19.2 Å². The van der Waals surface area contributed by atoms with Gasteiger partial charge in [-0.25, -0.2) is 13.1 Å². The molecule has 0 atom stereocenters. The molecule has 170 valence electrons. The van der Waals surface area contributed by atoms with E-state index in [-0.39, 0.29) is 10.4 Å². The molecule has 0 saturated carbocycles. The Balaban J connectivity index is 2.02. The molecule has 0 radical (unpaired) electrons. The van der Waals surface area contributed by atoms with Gasteiger partial charge in [-0.15, -0.1) is 0 Å². The molecule has 3 N–H and O–H groups in total. The third-order valence-electron chi connectivity index (χ3n) is 4.93. The van der Waals surface area contributed by atoms with Crippen molar-refractivity contribution in [3.05, 3.63) is 29.8 Å². The fraction of sp³-hybridized carbons (Fsp3) is 0.667. The highest BCUT2D eigenvalue weighted by Crippen LogP contribution is 2.18. The van der Waals surface area contributed by atoms with Crippen molar-refractivity contribution >= 4 is 16.0 Å². The number of ether oxygens (including phenoxy) is 1. The number of guanidine groups is 1. The van der Waals surface area contributed by atoms with Crippen molar-refractivity contribution < 1.29 is 13.2 Å². The van der Waals surface area contributed by atoms with Crippen molar-refractivity contribution in [1.82, 2.24) is 20.3 Å². The number of hydrogen-bond acceptors (Lipinski definition) is 5. The van der Waals surface area contributed by atoms with E-state index >= 15 is 0 Å². The minimum Gasteiger partial charge on any atom is -0.379 e. The van der Waals surface area contributed by atoms with Crippen molar-refractivity contribution in [2.24, 2.45) is 4.99 Å². The number of nitrogens with zero attached hydrogens (tertiary/aromatic N) is 2. The maximum atomic E-state index is 12.8. The summed E-state index contributed by atoms with van der Waals surface area (Å²) in [5.41, 5.74) is 0.0750. The van der Waals surface area contributed by atoms with Gasteiger partial charge in [-0.3, -0.25) is 9.89 Å². The molecular weight excluding hydrogens is 402 g/mol. The van der Waals surface area contributed by atoms with Crippen LogP contribution in [-0.4, -0.2) is 70.3 Å². The molecule has 30 heavy (non-hydrogen) atoms. The average molecular weight is 440 g/mol. The summed E-state index contributed by atoms with van der Waals surface area (Å²) >= 11 is 0. The Morgan fingerprint density at radius 3 is 2.33 bits per heavy atom. The summed E-state index contributed by atoms with van der Waals surface area (Å²) in [6.07, 6.45) is 0. The second kappa shape index (κ2) is 10.1. The van der Waals surface area contributed by atoms with E-state index < -0.39 is 15.6 Å². The molecule has 0 spiro atoms. The fourth-order valence-corrected chi connectivity index (χ4v) is 5.01. The van der Waals surface area contributed by atoms with Crippen LogP contribution in [0.25, 0.3) is 0 Å². The summed E-state index contributed by atoms with van der Waals surface area (Å²) in [5.74, 6) is 0.632. The number of hydrogen-bond donors (Lipinski definition) is 3. The van der Waals surface area contributed by atoms with Crippen LogP contribution >= 0.6 is 0 Å². The van der Waals surface area contributed by atoms with Crippen molar-refractivity contribution in [3.63, 3.8) is 0 Å². The van der Waals surface area contributed by atoms with E-state index in [0.29, 0.717) is 24.6 Å². The molecule has 1 aliphatic rings. The molecule has 0 aliphatic carbocycles. The van der Waals surface area contributed by atoms with Crippen LogP contribution in [0.4, 0.5) is 0 Å². The molecule has 1 fully saturated rings. The Morgan fingerprint density at radius 2 is 1.73 bits per heavy atom. The SMILES string of the molecule is CN=C(NCc1ccccc1S(=O)(=O)NC(C)(C)C)NCC(C)(C)N1CCOCC1. The van der Waals surface area contributed by atoms with Gasteiger partial charge in [0.1, 0.15) is 0 Å². The molecule has 1 saturated heterocycles. The highest BCUT2D eigenvalue weighted by atomic mass is 32.2. The van der Waals surface area contributed by atoms with E-state index in [0.717, 1.165) is 26.3 Å². The van der Waals surface area contributed by atoms with Crippen LogP contribution in [0.15, 0.2) is 34.2 Å². The molecule has 0 amide bonds. The van der Waals surface area contributed by atoms with Gasteiger partial charge >= 0.3 is 0 Å². The highest BCUT2D eigenvalue weighted by molar-refractivity contribution is 7.89. The number of aliphatic imine (C=N–C) groups is 1. The van der Waals surface area contributed by atoms with Gasteiger partial charge in [0.05, 0.1) is 18.1 Å². The molecule has 1 heterocycles. The summed E-state index contributed by atoms with van der Waals surface area (Å²) in [6, 6.07) is 7.02. The Kier molecular flexibility index (Phi) is 8.27. The zero-order valence-corrected chi connectivity index (χ0v) is 19.9. The average Bonchev–Trinajstić information content (AvgIpc) is 2.67. The molecule has 8 nitrogen and oxygen atoms in total. The maximum absolute atomic E-state index is 12.8. The monoisotopic (exact) mass is 439 g/mol. The molecule has 0 aromatic heterocycles. The third-order valence-corrected chi connectivity index (χ3v) is 6.79. The first-order valence-electron chi connectivity index (χ1n) is 10.3. The third kappa shape index (κ3) is 7.23. The van der Waals surface area contributed by atoms with Gasteiger partial charge in [-0.05, 0) is 46.2 Å². The largest absolute Gasteiger partial charge is 0.379 e. The Labute approximate surface area is 181 Å². The fourth-order valence-electron chi connectivity index (χ4n) is 3.35. The summed E-state index contributed by atoms with van der Waals surface area (Å²) in [7, 11) is -1.91. The summed E-state index contributed by atoms with van der Waals surface area (Å²) in [6.45, 7) is 14.2. The topological polar surface area (TPSA) is 95.1 Å². The van der Waals surface area contributed by atoms with Gasteiger partial charge in [0.2, 0.25) is 10.0 Å². The number of sulfonamides is 1. The molecule has 1 aliphatic heterocycles. The lowest BCUT2D eigenvalue weighted by Crippen LogP contribution is -2.56. The van der Waals surface area contributed by atoms with Crippen LogP contribution in [0.1, 0.15) is 40.2 Å². The highest BCUT2D eigenvalue weighted by Gasteiger charge is 2.28.